The van der Waals surface area contributed by atoms with Crippen molar-refractivity contribution in [2.75, 3.05) is 10.6 Å². The topological polar surface area (TPSA) is 84.0 Å². The molecule has 4 aromatic rings. The SMILES string of the molecule is O=C(Nc1ccc(C(=O)c2ccc3nccnc3c2)c(F)c1)Nc1ccc(C(F)(F)F)c(Cl)c1. The molecule has 0 unspecified atom stereocenters. The molecule has 2 amide bonds. The molecule has 11 heteroatoms. The van der Waals surface area contributed by atoms with E-state index in [1.807, 2.05) is 0 Å². The van der Waals surface area contributed by atoms with E-state index < -0.39 is 34.4 Å². The summed E-state index contributed by atoms with van der Waals surface area (Å²) in [7, 11) is 0. The predicted molar refractivity (Wildman–Crippen MR) is 118 cm³/mol. The summed E-state index contributed by atoms with van der Waals surface area (Å²) in [6.07, 6.45) is -1.65. The Bertz CT molecular complexity index is 1430. The second-order valence-electron chi connectivity index (χ2n) is 7.06. The Balaban J connectivity index is 1.47. The molecule has 0 aliphatic rings. The minimum atomic E-state index is -4.63. The van der Waals surface area contributed by atoms with Crippen LogP contribution in [0.4, 0.5) is 33.7 Å². The fourth-order valence-electron chi connectivity index (χ4n) is 3.15. The van der Waals surface area contributed by atoms with Crippen LogP contribution in [0.15, 0.2) is 67.0 Å². The first-order chi connectivity index (χ1) is 16.1. The number of aromatic nitrogens is 2. The zero-order valence-electron chi connectivity index (χ0n) is 17.0. The smallest absolute Gasteiger partial charge is 0.308 e. The Labute approximate surface area is 194 Å². The average molecular weight is 489 g/mol. The number of anilines is 2. The number of nitrogens with one attached hydrogen (secondary N) is 2. The fourth-order valence-corrected chi connectivity index (χ4v) is 3.44. The van der Waals surface area contributed by atoms with E-state index in [4.69, 9.17) is 11.6 Å². The van der Waals surface area contributed by atoms with E-state index >= 15 is 0 Å². The highest BCUT2D eigenvalue weighted by Gasteiger charge is 2.33. The molecule has 34 heavy (non-hydrogen) atoms. The number of ketones is 1. The highest BCUT2D eigenvalue weighted by atomic mass is 35.5. The summed E-state index contributed by atoms with van der Waals surface area (Å²) in [6, 6.07) is 9.95. The van der Waals surface area contributed by atoms with E-state index in [0.717, 1.165) is 24.3 Å². The van der Waals surface area contributed by atoms with Crippen molar-refractivity contribution in [2.24, 2.45) is 0 Å². The Hall–Kier alpha value is -4.05. The molecule has 0 spiro atoms. The van der Waals surface area contributed by atoms with Crippen molar-refractivity contribution in [3.63, 3.8) is 0 Å². The second kappa shape index (κ2) is 9.06. The van der Waals surface area contributed by atoms with Crippen molar-refractivity contribution < 1.29 is 27.2 Å². The van der Waals surface area contributed by atoms with Gasteiger partial charge in [-0.05, 0) is 54.6 Å². The summed E-state index contributed by atoms with van der Waals surface area (Å²) >= 11 is 5.63. The summed E-state index contributed by atoms with van der Waals surface area (Å²) in [4.78, 5) is 33.1. The standard InChI is InChI=1S/C23H13ClF4N4O2/c24-17-10-13(3-5-16(17)23(26,27)28)31-22(34)32-14-2-4-15(18(25)11-14)21(33)12-1-6-19-20(9-12)30-8-7-29-19/h1-11H,(H2,31,32,34). The maximum Gasteiger partial charge on any atom is 0.417 e. The van der Waals surface area contributed by atoms with Gasteiger partial charge in [-0.15, -0.1) is 0 Å². The average Bonchev–Trinajstić information content (AvgIpc) is 2.77. The molecule has 0 radical (unpaired) electrons. The van der Waals surface area contributed by atoms with Gasteiger partial charge < -0.3 is 10.6 Å². The van der Waals surface area contributed by atoms with Crippen LogP contribution in [0.25, 0.3) is 11.0 Å². The number of nitrogens with zero attached hydrogens (tertiary/aromatic N) is 2. The molecule has 1 aromatic heterocycles. The molecule has 0 saturated carbocycles. The number of carbonyl (C=O) groups is 2. The van der Waals surface area contributed by atoms with Gasteiger partial charge in [-0.2, -0.15) is 13.2 Å². The van der Waals surface area contributed by atoms with Crippen LogP contribution in [0.5, 0.6) is 0 Å². The summed E-state index contributed by atoms with van der Waals surface area (Å²) < 4.78 is 53.0. The minimum absolute atomic E-state index is 0.00201. The number of rotatable bonds is 4. The number of hydrogen-bond donors (Lipinski definition) is 2. The van der Waals surface area contributed by atoms with E-state index in [0.29, 0.717) is 11.0 Å². The number of hydrogen-bond acceptors (Lipinski definition) is 4. The molecule has 2 N–H and O–H groups in total. The Morgan fingerprint density at radius 1 is 0.824 bits per heavy atom. The Morgan fingerprint density at radius 2 is 1.47 bits per heavy atom. The lowest BCUT2D eigenvalue weighted by Gasteiger charge is -2.12. The summed E-state index contributed by atoms with van der Waals surface area (Å²) in [5, 5.41) is 4.06. The van der Waals surface area contributed by atoms with Gasteiger partial charge in [-0.25, -0.2) is 9.18 Å². The first-order valence-electron chi connectivity index (χ1n) is 9.61. The van der Waals surface area contributed by atoms with Crippen LogP contribution in [0, 0.1) is 5.82 Å². The summed E-state index contributed by atoms with van der Waals surface area (Å²) in [5.41, 5.74) is 0.0387. The van der Waals surface area contributed by atoms with Crippen molar-refractivity contribution in [1.82, 2.24) is 9.97 Å². The monoisotopic (exact) mass is 488 g/mol. The number of fused-ring (bicyclic) bond motifs is 1. The van der Waals surface area contributed by atoms with Gasteiger partial charge in [0.25, 0.3) is 0 Å². The summed E-state index contributed by atoms with van der Waals surface area (Å²) in [5.74, 6) is -1.46. The molecule has 4 rings (SSSR count). The molecule has 172 valence electrons. The zero-order chi connectivity index (χ0) is 24.5. The fraction of sp³-hybridized carbons (Fsp3) is 0.0435. The lowest BCUT2D eigenvalue weighted by molar-refractivity contribution is -0.137. The third kappa shape index (κ3) is 4.96. The molecule has 0 aliphatic carbocycles. The van der Waals surface area contributed by atoms with Gasteiger partial charge in [0.1, 0.15) is 5.82 Å². The first-order valence-corrected chi connectivity index (χ1v) is 9.99. The lowest BCUT2D eigenvalue weighted by Crippen LogP contribution is -2.20. The predicted octanol–water partition coefficient (Wildman–Crippen LogP) is 6.32. The number of amides is 2. The molecule has 1 heterocycles. The Kier molecular flexibility index (Phi) is 6.16. The van der Waals surface area contributed by atoms with Crippen LogP contribution >= 0.6 is 11.6 Å². The van der Waals surface area contributed by atoms with Gasteiger partial charge in [0.05, 0.1) is 27.2 Å². The second-order valence-corrected chi connectivity index (χ2v) is 7.46. The molecule has 6 nitrogen and oxygen atoms in total. The van der Waals surface area contributed by atoms with E-state index in [2.05, 4.69) is 20.6 Å². The molecule has 0 saturated heterocycles. The number of halogens is 5. The maximum absolute atomic E-state index is 14.6. The van der Waals surface area contributed by atoms with E-state index in [-0.39, 0.29) is 22.5 Å². The van der Waals surface area contributed by atoms with Crippen LogP contribution in [0.1, 0.15) is 21.5 Å². The van der Waals surface area contributed by atoms with Crippen molar-refractivity contribution in [2.45, 2.75) is 6.18 Å². The summed E-state index contributed by atoms with van der Waals surface area (Å²) in [6.45, 7) is 0. The van der Waals surface area contributed by atoms with Crippen LogP contribution in [-0.4, -0.2) is 21.8 Å². The molecular weight excluding hydrogens is 476 g/mol. The van der Waals surface area contributed by atoms with Crippen LogP contribution in [-0.2, 0) is 6.18 Å². The quantitative estimate of drug-likeness (QED) is 0.260. The van der Waals surface area contributed by atoms with Crippen molar-refractivity contribution in [3.05, 3.63) is 94.5 Å². The highest BCUT2D eigenvalue weighted by Crippen LogP contribution is 2.35. The molecule has 0 atom stereocenters. The zero-order valence-corrected chi connectivity index (χ0v) is 17.7. The third-order valence-corrected chi connectivity index (χ3v) is 5.05. The number of alkyl halides is 3. The van der Waals surface area contributed by atoms with Gasteiger partial charge in [0.15, 0.2) is 5.78 Å². The number of urea groups is 1. The number of benzene rings is 3. The maximum atomic E-state index is 14.6. The largest absolute Gasteiger partial charge is 0.417 e. The van der Waals surface area contributed by atoms with Gasteiger partial charge >= 0.3 is 12.2 Å². The molecule has 0 aliphatic heterocycles. The highest BCUT2D eigenvalue weighted by molar-refractivity contribution is 6.31. The minimum Gasteiger partial charge on any atom is -0.308 e. The molecular formula is C23H13ClF4N4O2. The van der Waals surface area contributed by atoms with Gasteiger partial charge in [0.2, 0.25) is 0 Å². The van der Waals surface area contributed by atoms with Crippen LogP contribution in [0.2, 0.25) is 5.02 Å². The molecule has 0 bridgehead atoms. The van der Waals surface area contributed by atoms with Crippen molar-refractivity contribution in [3.8, 4) is 0 Å². The van der Waals surface area contributed by atoms with Gasteiger partial charge in [0, 0.05) is 29.3 Å². The van der Waals surface area contributed by atoms with Crippen molar-refractivity contribution >= 4 is 45.8 Å². The van der Waals surface area contributed by atoms with E-state index in [9.17, 15) is 27.2 Å². The van der Waals surface area contributed by atoms with Gasteiger partial charge in [-0.3, -0.25) is 14.8 Å². The molecule has 0 fully saturated rings. The van der Waals surface area contributed by atoms with Gasteiger partial charge in [-0.1, -0.05) is 11.6 Å². The van der Waals surface area contributed by atoms with Crippen LogP contribution in [0.3, 0.4) is 0 Å². The first kappa shape index (κ1) is 23.1. The number of carbonyl (C=O) groups excluding carboxylic acids is 2. The van der Waals surface area contributed by atoms with Crippen LogP contribution < -0.4 is 10.6 Å². The normalized spacial score (nSPS) is 11.3. The molecule has 3 aromatic carbocycles. The van der Waals surface area contributed by atoms with E-state index in [1.165, 1.54) is 36.7 Å². The van der Waals surface area contributed by atoms with Crippen molar-refractivity contribution in [1.29, 1.82) is 0 Å². The third-order valence-electron chi connectivity index (χ3n) is 4.74. The van der Waals surface area contributed by atoms with E-state index in [1.54, 1.807) is 6.07 Å². The lowest BCUT2D eigenvalue weighted by atomic mass is 10.0. The Morgan fingerprint density at radius 3 is 2.12 bits per heavy atom.